The Morgan fingerprint density at radius 3 is 2.49 bits per heavy atom. The fourth-order valence-electron chi connectivity index (χ4n) is 5.14. The second-order valence-electron chi connectivity index (χ2n) is 11.9. The third kappa shape index (κ3) is 8.26. The highest BCUT2D eigenvalue weighted by Crippen LogP contribution is 2.30. The molecule has 0 bridgehead atoms. The fourth-order valence-corrected chi connectivity index (χ4v) is 5.14. The summed E-state index contributed by atoms with van der Waals surface area (Å²) in [4.78, 5) is 62.4. The number of anilines is 2. The van der Waals surface area contributed by atoms with Crippen molar-refractivity contribution in [3.05, 3.63) is 48.4 Å². The molecule has 1 aromatic carbocycles. The molecular weight excluding hydrogens is 578 g/mol. The third-order valence-electron chi connectivity index (χ3n) is 7.49. The van der Waals surface area contributed by atoms with Gasteiger partial charge in [-0.3, -0.25) is 14.2 Å². The standard InChI is InChI=1S/C31H39N9O5/c1-20-11-16-39(25(41)10-13-32)18-24(20)38(5)26-23-12-17-40(27(23)36-19-35-26)29(43)37-22-8-6-21(7-9-22)28(42)33-14-15-34-30(44)45-31(2,3)4/h6-9,12,17,19-20,24H,10-11,14-16,18H2,1-5H3,(H,33,42)(H,34,44)(H,37,43)/t20-,24+/m1/s1. The van der Waals surface area contributed by atoms with Crippen LogP contribution in [0.25, 0.3) is 11.0 Å². The second kappa shape index (κ2) is 14.1. The molecule has 1 aliphatic heterocycles. The summed E-state index contributed by atoms with van der Waals surface area (Å²) in [5.74, 6) is 0.401. The SMILES string of the molecule is C[C@@H]1CCN(C(=O)CC#N)C[C@@H]1N(C)c1ncnc2c1ccn2C(=O)Nc1ccc(C(=O)NCCNC(=O)OC(C)(C)C)cc1. The van der Waals surface area contributed by atoms with Crippen LogP contribution < -0.4 is 20.9 Å². The highest BCUT2D eigenvalue weighted by molar-refractivity contribution is 6.00. The molecule has 1 fully saturated rings. The maximum absolute atomic E-state index is 13.2. The van der Waals surface area contributed by atoms with E-state index in [1.165, 1.54) is 10.9 Å². The topological polar surface area (TPSA) is 175 Å². The van der Waals surface area contributed by atoms with Crippen LogP contribution in [-0.4, -0.2) is 88.2 Å². The Kier molecular flexibility index (Phi) is 10.2. The number of hydrogen-bond donors (Lipinski definition) is 3. The Morgan fingerprint density at radius 2 is 1.80 bits per heavy atom. The van der Waals surface area contributed by atoms with E-state index in [1.54, 1.807) is 62.2 Å². The van der Waals surface area contributed by atoms with Crippen LogP contribution in [0, 0.1) is 17.2 Å². The fraction of sp³-hybridized carbons (Fsp3) is 0.452. The van der Waals surface area contributed by atoms with Crippen molar-refractivity contribution in [2.75, 3.05) is 43.4 Å². The molecule has 238 valence electrons. The summed E-state index contributed by atoms with van der Waals surface area (Å²) in [6.07, 6.45) is 3.12. The molecule has 45 heavy (non-hydrogen) atoms. The molecule has 14 nitrogen and oxygen atoms in total. The first-order valence-electron chi connectivity index (χ1n) is 14.7. The van der Waals surface area contributed by atoms with E-state index in [-0.39, 0.29) is 43.3 Å². The van der Waals surface area contributed by atoms with Gasteiger partial charge in [0.1, 0.15) is 24.2 Å². The Bertz CT molecular complexity index is 1590. The number of nitrogens with zero attached hydrogens (tertiary/aromatic N) is 6. The predicted molar refractivity (Wildman–Crippen MR) is 168 cm³/mol. The van der Waals surface area contributed by atoms with Crippen LogP contribution in [0.3, 0.4) is 0 Å². The lowest BCUT2D eigenvalue weighted by Gasteiger charge is -2.42. The van der Waals surface area contributed by atoms with E-state index in [2.05, 4.69) is 32.8 Å². The van der Waals surface area contributed by atoms with Crippen LogP contribution in [-0.2, 0) is 9.53 Å². The van der Waals surface area contributed by atoms with Gasteiger partial charge in [-0.15, -0.1) is 0 Å². The van der Waals surface area contributed by atoms with Gasteiger partial charge in [0.2, 0.25) is 5.91 Å². The van der Waals surface area contributed by atoms with Gasteiger partial charge in [-0.1, -0.05) is 6.92 Å². The molecule has 2 aromatic heterocycles. The van der Waals surface area contributed by atoms with Gasteiger partial charge in [0, 0.05) is 50.7 Å². The van der Waals surface area contributed by atoms with E-state index in [1.807, 2.05) is 18.0 Å². The molecular formula is C31H39N9O5. The first kappa shape index (κ1) is 32.7. The number of rotatable bonds is 8. The average molecular weight is 618 g/mol. The number of piperidine rings is 1. The third-order valence-corrected chi connectivity index (χ3v) is 7.49. The van der Waals surface area contributed by atoms with Crippen molar-refractivity contribution in [3.8, 4) is 6.07 Å². The summed E-state index contributed by atoms with van der Waals surface area (Å²) in [6.45, 7) is 8.94. The molecule has 0 saturated carbocycles. The highest BCUT2D eigenvalue weighted by atomic mass is 16.6. The average Bonchev–Trinajstić information content (AvgIpc) is 3.43. The number of carbonyl (C=O) groups excluding carboxylic acids is 4. The van der Waals surface area contributed by atoms with Crippen molar-refractivity contribution >= 4 is 46.5 Å². The minimum atomic E-state index is -0.605. The first-order chi connectivity index (χ1) is 21.4. The zero-order chi connectivity index (χ0) is 32.7. The van der Waals surface area contributed by atoms with Crippen LogP contribution >= 0.6 is 0 Å². The number of nitrogens with one attached hydrogen (secondary N) is 3. The first-order valence-corrected chi connectivity index (χ1v) is 14.7. The molecule has 14 heteroatoms. The van der Waals surface area contributed by atoms with Crippen molar-refractivity contribution in [2.24, 2.45) is 5.92 Å². The highest BCUT2D eigenvalue weighted by Gasteiger charge is 2.33. The summed E-state index contributed by atoms with van der Waals surface area (Å²) in [7, 11) is 1.91. The largest absolute Gasteiger partial charge is 0.444 e. The van der Waals surface area contributed by atoms with E-state index < -0.39 is 17.7 Å². The van der Waals surface area contributed by atoms with Crippen molar-refractivity contribution in [1.29, 1.82) is 5.26 Å². The molecule has 0 aliphatic carbocycles. The van der Waals surface area contributed by atoms with E-state index in [0.29, 0.717) is 41.2 Å². The molecule has 4 amide bonds. The molecule has 3 aromatic rings. The monoisotopic (exact) mass is 617 g/mol. The van der Waals surface area contributed by atoms with Gasteiger partial charge >= 0.3 is 12.1 Å². The Labute approximate surface area is 261 Å². The summed E-state index contributed by atoms with van der Waals surface area (Å²) >= 11 is 0. The van der Waals surface area contributed by atoms with E-state index >= 15 is 0 Å². The summed E-state index contributed by atoms with van der Waals surface area (Å²) in [6, 6.07) is 9.65. The molecule has 0 unspecified atom stereocenters. The lowest BCUT2D eigenvalue weighted by atomic mass is 9.92. The number of likely N-dealkylation sites (N-methyl/N-ethyl adjacent to an activating group) is 1. The maximum Gasteiger partial charge on any atom is 0.407 e. The summed E-state index contributed by atoms with van der Waals surface area (Å²) in [5.41, 5.74) is 0.685. The van der Waals surface area contributed by atoms with E-state index in [9.17, 15) is 19.2 Å². The van der Waals surface area contributed by atoms with Crippen molar-refractivity contribution in [2.45, 2.75) is 52.2 Å². The smallest absolute Gasteiger partial charge is 0.407 e. The minimum absolute atomic E-state index is 0.0337. The predicted octanol–water partition coefficient (Wildman–Crippen LogP) is 3.35. The Morgan fingerprint density at radius 1 is 1.09 bits per heavy atom. The van der Waals surface area contributed by atoms with Gasteiger partial charge in [-0.25, -0.2) is 19.6 Å². The van der Waals surface area contributed by atoms with Gasteiger partial charge in [-0.2, -0.15) is 5.26 Å². The van der Waals surface area contributed by atoms with Gasteiger partial charge in [0.25, 0.3) is 5.91 Å². The normalized spacial score (nSPS) is 16.4. The van der Waals surface area contributed by atoms with Crippen molar-refractivity contribution in [3.63, 3.8) is 0 Å². The van der Waals surface area contributed by atoms with Crippen LogP contribution in [0.15, 0.2) is 42.9 Å². The number of ether oxygens (including phenoxy) is 1. The van der Waals surface area contributed by atoms with Gasteiger partial charge in [0.05, 0.1) is 17.5 Å². The number of hydrogen-bond acceptors (Lipinski definition) is 9. The maximum atomic E-state index is 13.2. The molecule has 1 saturated heterocycles. The van der Waals surface area contributed by atoms with Crippen LogP contribution in [0.1, 0.15) is 50.9 Å². The van der Waals surface area contributed by atoms with Crippen molar-refractivity contribution in [1.82, 2.24) is 30.1 Å². The number of aromatic nitrogens is 3. The quantitative estimate of drug-likeness (QED) is 0.320. The lowest BCUT2D eigenvalue weighted by Crippen LogP contribution is -2.52. The molecule has 3 heterocycles. The lowest BCUT2D eigenvalue weighted by molar-refractivity contribution is -0.131. The molecule has 0 radical (unpaired) electrons. The van der Waals surface area contributed by atoms with Gasteiger partial charge < -0.3 is 30.5 Å². The number of alkyl carbamates (subject to hydrolysis) is 1. The summed E-state index contributed by atoms with van der Waals surface area (Å²) < 4.78 is 6.55. The van der Waals surface area contributed by atoms with Crippen LogP contribution in [0.2, 0.25) is 0 Å². The minimum Gasteiger partial charge on any atom is -0.444 e. The summed E-state index contributed by atoms with van der Waals surface area (Å²) in [5, 5.41) is 17.8. The van der Waals surface area contributed by atoms with E-state index in [4.69, 9.17) is 10.00 Å². The molecule has 4 rings (SSSR count). The van der Waals surface area contributed by atoms with Crippen LogP contribution in [0.4, 0.5) is 21.1 Å². The number of likely N-dealkylation sites (tertiary alicyclic amines) is 1. The van der Waals surface area contributed by atoms with Gasteiger partial charge in [0.15, 0.2) is 5.65 Å². The Hall–Kier alpha value is -5.19. The Balaban J connectivity index is 1.37. The number of fused-ring (bicyclic) bond motifs is 1. The number of amides is 4. The number of carbonyl (C=O) groups is 4. The second-order valence-corrected chi connectivity index (χ2v) is 11.9. The zero-order valence-corrected chi connectivity index (χ0v) is 26.2. The van der Waals surface area contributed by atoms with Crippen molar-refractivity contribution < 1.29 is 23.9 Å². The number of benzene rings is 1. The van der Waals surface area contributed by atoms with Crippen LogP contribution in [0.5, 0.6) is 0 Å². The van der Waals surface area contributed by atoms with E-state index in [0.717, 1.165) is 6.42 Å². The molecule has 0 spiro atoms. The van der Waals surface area contributed by atoms with Gasteiger partial charge in [-0.05, 0) is 63.4 Å². The molecule has 3 N–H and O–H groups in total. The molecule has 1 aliphatic rings. The molecule has 2 atom stereocenters. The zero-order valence-electron chi connectivity index (χ0n) is 26.2. The number of nitriles is 1.